The van der Waals surface area contributed by atoms with Crippen molar-refractivity contribution in [2.45, 2.75) is 6.54 Å². The molecule has 0 spiro atoms. The van der Waals surface area contributed by atoms with Crippen molar-refractivity contribution in [2.24, 2.45) is 0 Å². The van der Waals surface area contributed by atoms with Crippen LogP contribution in [0.25, 0.3) is 0 Å². The minimum Gasteiger partial charge on any atom is -0.348 e. The number of hydrogen-bond acceptors (Lipinski definition) is 3. The van der Waals surface area contributed by atoms with Crippen molar-refractivity contribution >= 4 is 17.5 Å². The van der Waals surface area contributed by atoms with Crippen molar-refractivity contribution in [1.29, 1.82) is 0 Å². The molecule has 0 saturated heterocycles. The minimum absolute atomic E-state index is 0.173. The van der Waals surface area contributed by atoms with Crippen LogP contribution in [0.4, 0.5) is 5.69 Å². The summed E-state index contributed by atoms with van der Waals surface area (Å²) >= 11 is 0. The molecule has 0 atom stereocenters. The van der Waals surface area contributed by atoms with Gasteiger partial charge in [0.05, 0.1) is 0 Å². The number of hydrogen-bond donors (Lipinski definition) is 1. The fourth-order valence-electron chi connectivity index (χ4n) is 1.89. The number of nitrogens with one attached hydrogen (secondary N) is 1. The third-order valence-corrected chi connectivity index (χ3v) is 3.20. The van der Waals surface area contributed by atoms with Gasteiger partial charge < -0.3 is 10.2 Å². The van der Waals surface area contributed by atoms with Gasteiger partial charge in [0.25, 0.3) is 5.91 Å². The van der Waals surface area contributed by atoms with E-state index < -0.39 is 0 Å². The number of pyridine rings is 1. The number of amides is 2. The molecule has 5 heteroatoms. The van der Waals surface area contributed by atoms with Gasteiger partial charge in [0, 0.05) is 37.2 Å². The summed E-state index contributed by atoms with van der Waals surface area (Å²) < 4.78 is 0. The summed E-state index contributed by atoms with van der Waals surface area (Å²) in [6, 6.07) is 10.5. The van der Waals surface area contributed by atoms with E-state index >= 15 is 0 Å². The average molecular weight is 295 g/mol. The first kappa shape index (κ1) is 15.4. The molecular formula is C17H17N3O2. The van der Waals surface area contributed by atoms with Gasteiger partial charge in [-0.2, -0.15) is 0 Å². The van der Waals surface area contributed by atoms with Crippen LogP contribution in [0.1, 0.15) is 15.9 Å². The first-order valence-corrected chi connectivity index (χ1v) is 6.79. The van der Waals surface area contributed by atoms with E-state index in [9.17, 15) is 9.59 Å². The first-order chi connectivity index (χ1) is 10.6. The van der Waals surface area contributed by atoms with Crippen LogP contribution in [-0.2, 0) is 11.3 Å². The van der Waals surface area contributed by atoms with E-state index in [1.807, 2.05) is 12.1 Å². The molecular weight excluding hydrogens is 278 g/mol. The van der Waals surface area contributed by atoms with Gasteiger partial charge in [0.1, 0.15) is 0 Å². The predicted octanol–water partition coefficient (Wildman–Crippen LogP) is 2.16. The second-order valence-electron chi connectivity index (χ2n) is 4.69. The van der Waals surface area contributed by atoms with Crippen LogP contribution >= 0.6 is 0 Å². The van der Waals surface area contributed by atoms with Crippen molar-refractivity contribution in [2.75, 3.05) is 11.9 Å². The maximum Gasteiger partial charge on any atom is 0.251 e. The molecule has 0 unspecified atom stereocenters. The van der Waals surface area contributed by atoms with E-state index in [0.29, 0.717) is 17.8 Å². The van der Waals surface area contributed by atoms with Crippen LogP contribution in [-0.4, -0.2) is 23.8 Å². The maximum absolute atomic E-state index is 12.1. The Balaban J connectivity index is 1.99. The van der Waals surface area contributed by atoms with Crippen molar-refractivity contribution in [3.05, 3.63) is 72.6 Å². The van der Waals surface area contributed by atoms with Gasteiger partial charge in [-0.05, 0) is 42.0 Å². The summed E-state index contributed by atoms with van der Waals surface area (Å²) in [5, 5.41) is 2.82. The zero-order valence-electron chi connectivity index (χ0n) is 12.3. The normalized spacial score (nSPS) is 9.86. The van der Waals surface area contributed by atoms with Crippen molar-refractivity contribution in [3.63, 3.8) is 0 Å². The number of benzene rings is 1. The Labute approximate surface area is 129 Å². The Kier molecular flexibility index (Phi) is 5.03. The van der Waals surface area contributed by atoms with Gasteiger partial charge in [0.2, 0.25) is 5.91 Å². The Morgan fingerprint density at radius 3 is 2.59 bits per heavy atom. The zero-order chi connectivity index (χ0) is 15.9. The molecule has 112 valence electrons. The van der Waals surface area contributed by atoms with Crippen LogP contribution in [0.3, 0.4) is 0 Å². The Morgan fingerprint density at radius 1 is 1.27 bits per heavy atom. The molecule has 1 aromatic carbocycles. The molecule has 22 heavy (non-hydrogen) atoms. The lowest BCUT2D eigenvalue weighted by molar-refractivity contribution is -0.113. The van der Waals surface area contributed by atoms with E-state index in [1.54, 1.807) is 43.7 Å². The number of anilines is 1. The van der Waals surface area contributed by atoms with E-state index in [4.69, 9.17) is 0 Å². The molecule has 2 rings (SSSR count). The van der Waals surface area contributed by atoms with Crippen LogP contribution in [0.5, 0.6) is 0 Å². The fourth-order valence-corrected chi connectivity index (χ4v) is 1.89. The van der Waals surface area contributed by atoms with E-state index in [0.717, 1.165) is 5.56 Å². The average Bonchev–Trinajstić information content (AvgIpc) is 2.59. The highest BCUT2D eigenvalue weighted by Crippen LogP contribution is 2.14. The second-order valence-corrected chi connectivity index (χ2v) is 4.69. The molecule has 0 radical (unpaired) electrons. The lowest BCUT2D eigenvalue weighted by Crippen LogP contribution is -2.25. The number of likely N-dealkylation sites (N-methyl/N-ethyl adjacent to an activating group) is 1. The van der Waals surface area contributed by atoms with Gasteiger partial charge >= 0.3 is 0 Å². The molecule has 0 aliphatic rings. The molecule has 0 bridgehead atoms. The SMILES string of the molecule is C=CC(=O)N(C)c1ccc(C(=O)NCc2cccnc2)cc1. The molecule has 0 saturated carbocycles. The fraction of sp³-hybridized carbons (Fsp3) is 0.118. The quantitative estimate of drug-likeness (QED) is 0.860. The maximum atomic E-state index is 12.1. The number of rotatable bonds is 5. The minimum atomic E-state index is -0.200. The third-order valence-electron chi connectivity index (χ3n) is 3.20. The Morgan fingerprint density at radius 2 is 2.00 bits per heavy atom. The van der Waals surface area contributed by atoms with E-state index in [1.165, 1.54) is 11.0 Å². The summed E-state index contributed by atoms with van der Waals surface area (Å²) in [7, 11) is 1.65. The van der Waals surface area contributed by atoms with Gasteiger partial charge in [-0.3, -0.25) is 14.6 Å². The summed E-state index contributed by atoms with van der Waals surface area (Å²) in [5.74, 6) is -0.373. The topological polar surface area (TPSA) is 62.3 Å². The summed E-state index contributed by atoms with van der Waals surface area (Å²) in [5.41, 5.74) is 2.17. The largest absolute Gasteiger partial charge is 0.348 e. The lowest BCUT2D eigenvalue weighted by atomic mass is 10.1. The van der Waals surface area contributed by atoms with Crippen LogP contribution in [0.15, 0.2) is 61.4 Å². The van der Waals surface area contributed by atoms with Crippen molar-refractivity contribution in [3.8, 4) is 0 Å². The monoisotopic (exact) mass is 295 g/mol. The Bertz CT molecular complexity index is 666. The number of aromatic nitrogens is 1. The van der Waals surface area contributed by atoms with E-state index in [2.05, 4.69) is 16.9 Å². The number of nitrogens with zero attached hydrogens (tertiary/aromatic N) is 2. The molecule has 0 aliphatic carbocycles. The molecule has 0 fully saturated rings. The molecule has 1 N–H and O–H groups in total. The molecule has 0 aliphatic heterocycles. The predicted molar refractivity (Wildman–Crippen MR) is 85.5 cm³/mol. The Hall–Kier alpha value is -2.95. The summed E-state index contributed by atoms with van der Waals surface area (Å²) in [6.45, 7) is 3.87. The smallest absolute Gasteiger partial charge is 0.251 e. The van der Waals surface area contributed by atoms with Gasteiger partial charge in [-0.1, -0.05) is 12.6 Å². The molecule has 1 aromatic heterocycles. The van der Waals surface area contributed by atoms with E-state index in [-0.39, 0.29) is 11.8 Å². The van der Waals surface area contributed by atoms with Gasteiger partial charge in [0.15, 0.2) is 0 Å². The highest BCUT2D eigenvalue weighted by molar-refractivity contribution is 6.01. The lowest BCUT2D eigenvalue weighted by Gasteiger charge is -2.15. The molecule has 1 heterocycles. The highest BCUT2D eigenvalue weighted by atomic mass is 16.2. The van der Waals surface area contributed by atoms with Gasteiger partial charge in [-0.25, -0.2) is 0 Å². The zero-order valence-corrected chi connectivity index (χ0v) is 12.3. The van der Waals surface area contributed by atoms with Crippen LogP contribution in [0.2, 0.25) is 0 Å². The standard InChI is InChI=1S/C17H17N3O2/c1-3-16(21)20(2)15-8-6-14(7-9-15)17(22)19-12-13-5-4-10-18-11-13/h3-11H,1,12H2,2H3,(H,19,22). The summed E-state index contributed by atoms with van der Waals surface area (Å²) in [6.07, 6.45) is 4.64. The summed E-state index contributed by atoms with van der Waals surface area (Å²) in [4.78, 5) is 29.0. The van der Waals surface area contributed by atoms with Crippen LogP contribution in [0, 0.1) is 0 Å². The number of carbonyl (C=O) groups excluding carboxylic acids is 2. The second kappa shape index (κ2) is 7.17. The van der Waals surface area contributed by atoms with Crippen molar-refractivity contribution in [1.82, 2.24) is 10.3 Å². The highest BCUT2D eigenvalue weighted by Gasteiger charge is 2.09. The molecule has 2 aromatic rings. The number of carbonyl (C=O) groups is 2. The van der Waals surface area contributed by atoms with Gasteiger partial charge in [-0.15, -0.1) is 0 Å². The third kappa shape index (κ3) is 3.79. The molecule has 2 amide bonds. The van der Waals surface area contributed by atoms with Crippen molar-refractivity contribution < 1.29 is 9.59 Å². The van der Waals surface area contributed by atoms with Crippen LogP contribution < -0.4 is 10.2 Å². The first-order valence-electron chi connectivity index (χ1n) is 6.79. The molecule has 5 nitrogen and oxygen atoms in total.